The third-order valence-corrected chi connectivity index (χ3v) is 13.6. The van der Waals surface area contributed by atoms with Crippen LogP contribution in [0.25, 0.3) is 0 Å². The molecule has 0 aromatic carbocycles. The van der Waals surface area contributed by atoms with Gasteiger partial charge in [-0.05, 0) is 87.9 Å². The van der Waals surface area contributed by atoms with Gasteiger partial charge in [0.25, 0.3) is 0 Å². The minimum atomic E-state index is -0.773. The molecule has 2 saturated carbocycles. The summed E-state index contributed by atoms with van der Waals surface area (Å²) >= 11 is 0. The Hall–Kier alpha value is -0.360. The van der Waals surface area contributed by atoms with Crippen molar-refractivity contribution in [3.8, 4) is 0 Å². The van der Waals surface area contributed by atoms with Gasteiger partial charge in [-0.25, -0.2) is 19.6 Å². The van der Waals surface area contributed by atoms with Gasteiger partial charge in [-0.1, -0.05) is 27.7 Å². The Balaban J connectivity index is 1.000. The molecule has 0 aromatic heterocycles. The van der Waals surface area contributed by atoms with Crippen LogP contribution in [0.1, 0.15) is 92.9 Å². The van der Waals surface area contributed by atoms with Crippen LogP contribution in [0.15, 0.2) is 0 Å². The van der Waals surface area contributed by atoms with Crippen molar-refractivity contribution in [1.82, 2.24) is 0 Å². The monoisotopic (exact) mass is 576 g/mol. The van der Waals surface area contributed by atoms with Gasteiger partial charge >= 0.3 is 0 Å². The Kier molecular flexibility index (Phi) is 5.71. The van der Waals surface area contributed by atoms with E-state index in [4.69, 9.17) is 43.2 Å². The zero-order valence-corrected chi connectivity index (χ0v) is 25.4. The Morgan fingerprint density at radius 3 is 1.34 bits per heavy atom. The SMILES string of the molecule is C[C@H]1[C@@H](C2OC2[C@H]2O[C@@H]3O[C@]4(C)CC[C@H]5[C@H](C)CC[C@@H]([C@H]2C)[C@@]35OO4)O[C@@H]2O[C@]3(C)CC[C@H]4[C@H](C)CC[C@@H]1[C@@]24OO3. The molecule has 9 nitrogen and oxygen atoms in total. The number of hydrogen-bond acceptors (Lipinski definition) is 9. The van der Waals surface area contributed by atoms with Gasteiger partial charge < -0.3 is 23.7 Å². The van der Waals surface area contributed by atoms with Crippen LogP contribution in [-0.2, 0) is 43.2 Å². The third kappa shape index (κ3) is 3.45. The van der Waals surface area contributed by atoms with Crippen molar-refractivity contribution in [2.24, 2.45) is 47.3 Å². The minimum absolute atomic E-state index is 0.0465. The van der Waals surface area contributed by atoms with E-state index in [2.05, 4.69) is 27.7 Å². The average molecular weight is 577 g/mol. The van der Waals surface area contributed by atoms with Crippen molar-refractivity contribution in [1.29, 1.82) is 0 Å². The van der Waals surface area contributed by atoms with Gasteiger partial charge in [0.1, 0.15) is 12.2 Å². The second-order valence-corrected chi connectivity index (χ2v) is 15.8. The van der Waals surface area contributed by atoms with Crippen LogP contribution in [0.4, 0.5) is 0 Å². The molecule has 41 heavy (non-hydrogen) atoms. The van der Waals surface area contributed by atoms with Crippen molar-refractivity contribution in [3.63, 3.8) is 0 Å². The molecular weight excluding hydrogens is 528 g/mol. The fourth-order valence-electron chi connectivity index (χ4n) is 11.3. The first kappa shape index (κ1) is 27.0. The molecule has 230 valence electrons. The summed E-state index contributed by atoms with van der Waals surface area (Å²) in [5, 5.41) is 0. The van der Waals surface area contributed by atoms with E-state index in [0.29, 0.717) is 35.5 Å². The molecule has 2 unspecified atom stereocenters. The molecule has 11 rings (SSSR count). The van der Waals surface area contributed by atoms with Gasteiger partial charge in [-0.2, -0.15) is 0 Å². The number of epoxide rings is 1. The van der Waals surface area contributed by atoms with Crippen LogP contribution in [0.5, 0.6) is 0 Å². The van der Waals surface area contributed by atoms with Crippen molar-refractivity contribution in [2.75, 3.05) is 0 Å². The number of hydrogen-bond donors (Lipinski definition) is 0. The molecule has 4 bridgehead atoms. The lowest BCUT2D eigenvalue weighted by atomic mass is 9.56. The summed E-state index contributed by atoms with van der Waals surface area (Å²) in [7, 11) is 0. The van der Waals surface area contributed by atoms with E-state index in [9.17, 15) is 0 Å². The van der Waals surface area contributed by atoms with Crippen LogP contribution in [0, 0.1) is 47.3 Å². The molecule has 18 atom stereocenters. The summed E-state index contributed by atoms with van der Waals surface area (Å²) in [6.07, 6.45) is 7.11. The first-order chi connectivity index (χ1) is 19.6. The largest absolute Gasteiger partial charge is 0.364 e. The van der Waals surface area contributed by atoms with Crippen molar-refractivity contribution >= 4 is 0 Å². The second-order valence-electron chi connectivity index (χ2n) is 15.8. The van der Waals surface area contributed by atoms with Crippen LogP contribution in [-0.4, -0.2) is 59.8 Å². The van der Waals surface area contributed by atoms with E-state index in [1.807, 2.05) is 13.8 Å². The number of rotatable bonds is 2. The Labute approximate surface area is 243 Å². The van der Waals surface area contributed by atoms with Crippen LogP contribution < -0.4 is 0 Å². The van der Waals surface area contributed by atoms with E-state index in [0.717, 1.165) is 38.5 Å². The molecule has 9 saturated heterocycles. The van der Waals surface area contributed by atoms with Gasteiger partial charge in [0.15, 0.2) is 23.8 Å². The maximum Gasteiger partial charge on any atom is 0.201 e. The predicted octanol–water partition coefficient (Wildman–Crippen LogP) is 5.25. The number of fused-ring (bicyclic) bond motifs is 4. The molecule has 9 aliphatic heterocycles. The summed E-state index contributed by atoms with van der Waals surface area (Å²) < 4.78 is 33.7. The van der Waals surface area contributed by atoms with Gasteiger partial charge in [-0.3, -0.25) is 0 Å². The van der Waals surface area contributed by atoms with Gasteiger partial charge in [-0.15, -0.1) is 0 Å². The van der Waals surface area contributed by atoms with Crippen LogP contribution in [0.3, 0.4) is 0 Å². The molecule has 0 N–H and O–H groups in total. The highest BCUT2D eigenvalue weighted by Gasteiger charge is 2.74. The highest BCUT2D eigenvalue weighted by Crippen LogP contribution is 2.64. The highest BCUT2D eigenvalue weighted by atomic mass is 17.3. The van der Waals surface area contributed by atoms with E-state index in [1.54, 1.807) is 0 Å². The molecule has 9 heterocycles. The van der Waals surface area contributed by atoms with E-state index in [-0.39, 0.29) is 36.3 Å². The minimum Gasteiger partial charge on any atom is -0.364 e. The lowest BCUT2D eigenvalue weighted by molar-refractivity contribution is -0.572. The molecule has 2 aliphatic carbocycles. The molecule has 0 radical (unpaired) electrons. The molecule has 0 aromatic rings. The molecule has 2 spiro atoms. The lowest BCUT2D eigenvalue weighted by Gasteiger charge is -2.61. The fraction of sp³-hybridized carbons (Fsp3) is 1.00. The molecule has 9 heteroatoms. The highest BCUT2D eigenvalue weighted by molar-refractivity contribution is 5.16. The van der Waals surface area contributed by atoms with E-state index < -0.39 is 35.4 Å². The molecule has 0 amide bonds. The molecular formula is C32H48O9. The first-order valence-corrected chi connectivity index (χ1v) is 16.6. The fourth-order valence-corrected chi connectivity index (χ4v) is 11.3. The van der Waals surface area contributed by atoms with Gasteiger partial charge in [0.2, 0.25) is 11.6 Å². The van der Waals surface area contributed by atoms with Crippen molar-refractivity contribution < 1.29 is 43.2 Å². The van der Waals surface area contributed by atoms with Crippen molar-refractivity contribution in [2.45, 2.75) is 153 Å². The third-order valence-electron chi connectivity index (χ3n) is 13.6. The zero-order chi connectivity index (χ0) is 28.1. The summed E-state index contributed by atoms with van der Waals surface area (Å²) in [5.41, 5.74) is -1.11. The topological polar surface area (TPSA) is 86.4 Å². The van der Waals surface area contributed by atoms with Crippen molar-refractivity contribution in [3.05, 3.63) is 0 Å². The number of ether oxygens (including phenoxy) is 5. The van der Waals surface area contributed by atoms with Gasteiger partial charge in [0, 0.05) is 24.7 Å². The molecule has 11 fully saturated rings. The Morgan fingerprint density at radius 2 is 0.902 bits per heavy atom. The molecule has 11 aliphatic rings. The normalized spacial score (nSPS) is 66.0. The summed E-state index contributed by atoms with van der Waals surface area (Å²) in [5.74, 6) is 1.35. The summed E-state index contributed by atoms with van der Waals surface area (Å²) in [6, 6.07) is 0. The van der Waals surface area contributed by atoms with E-state index >= 15 is 0 Å². The maximum absolute atomic E-state index is 6.94. The standard InChI is InChI=1S/C32H48O9/c1-15-7-9-21-17(3)23(34-27-31(21)19(15)11-13-29(5,36-27)38-40-31)25-26(33-25)24-18(4)22-10-8-16(2)20-12-14-30(6)37-28(35-24)32(20,22)41-39-30/h15-28H,7-14H2,1-6H3/t15-,16-,17-,18-,19+,20+,21+,22+,23+,24+,25?,26?,27-,28-,29+,30+,31-,32-/m1/s1. The van der Waals surface area contributed by atoms with Crippen LogP contribution in [0.2, 0.25) is 0 Å². The quantitative estimate of drug-likeness (QED) is 0.323. The van der Waals surface area contributed by atoms with E-state index in [1.165, 1.54) is 12.8 Å². The predicted molar refractivity (Wildman–Crippen MR) is 142 cm³/mol. The zero-order valence-electron chi connectivity index (χ0n) is 25.4. The van der Waals surface area contributed by atoms with Crippen LogP contribution >= 0.6 is 0 Å². The lowest BCUT2D eigenvalue weighted by Crippen LogP contribution is -2.71. The summed E-state index contributed by atoms with van der Waals surface area (Å²) in [6.45, 7) is 13.3. The Bertz CT molecular complexity index is 1010. The first-order valence-electron chi connectivity index (χ1n) is 16.6. The van der Waals surface area contributed by atoms with Gasteiger partial charge in [0.05, 0.1) is 12.2 Å². The average Bonchev–Trinajstić information content (AvgIpc) is 3.77. The Morgan fingerprint density at radius 1 is 0.463 bits per heavy atom. The second kappa shape index (κ2) is 8.67. The maximum atomic E-state index is 6.94. The smallest absolute Gasteiger partial charge is 0.201 e. The summed E-state index contributed by atoms with van der Waals surface area (Å²) in [4.78, 5) is 24.8.